The molecule has 0 aliphatic heterocycles. The predicted molar refractivity (Wildman–Crippen MR) is 79.4 cm³/mol. The average molecular weight is 369 g/mol. The summed E-state index contributed by atoms with van der Waals surface area (Å²) in [7, 11) is 1.33. The van der Waals surface area contributed by atoms with Gasteiger partial charge < -0.3 is 9.30 Å². The van der Waals surface area contributed by atoms with Crippen molar-refractivity contribution in [2.75, 3.05) is 7.11 Å². The van der Waals surface area contributed by atoms with E-state index in [0.29, 0.717) is 17.8 Å². The zero-order chi connectivity index (χ0) is 13.8. The van der Waals surface area contributed by atoms with Crippen LogP contribution in [0.2, 0.25) is 0 Å². The van der Waals surface area contributed by atoms with Gasteiger partial charge in [-0.25, -0.2) is 4.79 Å². The number of hydrogen-bond donors (Lipinski definition) is 0. The molecule has 0 unspecified atom stereocenters. The molecule has 0 bridgehead atoms. The van der Waals surface area contributed by atoms with Gasteiger partial charge in [-0.05, 0) is 34.2 Å². The van der Waals surface area contributed by atoms with Crippen LogP contribution in [-0.2, 0) is 11.3 Å². The van der Waals surface area contributed by atoms with Crippen molar-refractivity contribution in [2.24, 2.45) is 0 Å². The topological polar surface area (TPSA) is 48.3 Å². The van der Waals surface area contributed by atoms with Crippen molar-refractivity contribution < 1.29 is 14.3 Å². The van der Waals surface area contributed by atoms with Crippen LogP contribution in [0.1, 0.15) is 26.4 Å². The number of aromatic nitrogens is 1. The number of rotatable bonds is 4. The van der Waals surface area contributed by atoms with Gasteiger partial charge in [0.25, 0.3) is 0 Å². The highest BCUT2D eigenvalue weighted by atomic mass is 127. The van der Waals surface area contributed by atoms with Gasteiger partial charge in [-0.3, -0.25) is 4.79 Å². The lowest BCUT2D eigenvalue weighted by molar-refractivity contribution is 0.0588. The zero-order valence-electron chi connectivity index (χ0n) is 10.3. The minimum absolute atomic E-state index is 0.387. The van der Waals surface area contributed by atoms with E-state index < -0.39 is 5.97 Å². The van der Waals surface area contributed by atoms with Gasteiger partial charge in [0.2, 0.25) is 0 Å². The van der Waals surface area contributed by atoms with Gasteiger partial charge in [-0.15, -0.1) is 0 Å². The number of methoxy groups -OCH3 is 1. The number of carbonyl (C=O) groups is 2. The second-order valence-electron chi connectivity index (χ2n) is 3.96. The molecule has 0 fully saturated rings. The molecule has 0 amide bonds. The Labute approximate surface area is 124 Å². The van der Waals surface area contributed by atoms with E-state index in [1.807, 2.05) is 30.3 Å². The highest BCUT2D eigenvalue weighted by Crippen LogP contribution is 2.19. The number of halogens is 1. The summed E-state index contributed by atoms with van der Waals surface area (Å²) in [5.74, 6) is -0.443. The quantitative estimate of drug-likeness (QED) is 0.473. The van der Waals surface area contributed by atoms with E-state index >= 15 is 0 Å². The fraction of sp³-hybridized carbons (Fsp3) is 0.143. The van der Waals surface area contributed by atoms with Gasteiger partial charge in [-0.1, -0.05) is 30.3 Å². The maximum Gasteiger partial charge on any atom is 0.354 e. The van der Waals surface area contributed by atoms with Crippen molar-refractivity contribution in [2.45, 2.75) is 6.54 Å². The standard InChI is InChI=1S/C14H12INO3/c1-19-14(18)12-7-11(9-17)13(15)16(12)8-10-5-3-2-4-6-10/h2-7,9H,8H2,1H3. The first kappa shape index (κ1) is 13.8. The third kappa shape index (κ3) is 2.86. The van der Waals surface area contributed by atoms with Crippen molar-refractivity contribution >= 4 is 34.8 Å². The molecule has 0 aliphatic carbocycles. The molecule has 4 nitrogen and oxygen atoms in total. The Morgan fingerprint density at radius 1 is 1.37 bits per heavy atom. The molecule has 1 aromatic heterocycles. The van der Waals surface area contributed by atoms with E-state index in [2.05, 4.69) is 22.6 Å². The largest absolute Gasteiger partial charge is 0.464 e. The molecular weight excluding hydrogens is 357 g/mol. The Balaban J connectivity index is 2.45. The number of ether oxygens (including phenoxy) is 1. The zero-order valence-corrected chi connectivity index (χ0v) is 12.5. The maximum absolute atomic E-state index is 11.7. The molecule has 0 atom stereocenters. The average Bonchev–Trinajstić information content (AvgIpc) is 2.76. The number of esters is 1. The molecule has 1 aromatic carbocycles. The van der Waals surface area contributed by atoms with Crippen LogP contribution in [0, 0.1) is 3.70 Å². The van der Waals surface area contributed by atoms with E-state index in [4.69, 9.17) is 4.74 Å². The van der Waals surface area contributed by atoms with E-state index in [9.17, 15) is 9.59 Å². The lowest BCUT2D eigenvalue weighted by atomic mass is 10.2. The summed E-state index contributed by atoms with van der Waals surface area (Å²) >= 11 is 2.06. The summed E-state index contributed by atoms with van der Waals surface area (Å²) in [6.45, 7) is 0.525. The molecule has 2 aromatic rings. The predicted octanol–water partition coefficient (Wildman–Crippen LogP) is 2.74. The second kappa shape index (κ2) is 6.01. The molecule has 98 valence electrons. The molecule has 0 saturated heterocycles. The first-order valence-corrected chi connectivity index (χ1v) is 6.71. The summed E-state index contributed by atoms with van der Waals surface area (Å²) in [5, 5.41) is 0. The number of nitrogens with zero attached hydrogens (tertiary/aromatic N) is 1. The van der Waals surface area contributed by atoms with Crippen LogP contribution >= 0.6 is 22.6 Å². The van der Waals surface area contributed by atoms with Gasteiger partial charge in [0, 0.05) is 12.1 Å². The molecule has 5 heteroatoms. The summed E-state index contributed by atoms with van der Waals surface area (Å²) < 4.78 is 7.26. The summed E-state index contributed by atoms with van der Waals surface area (Å²) in [5.41, 5.74) is 1.94. The third-order valence-electron chi connectivity index (χ3n) is 2.76. The monoisotopic (exact) mass is 369 g/mol. The van der Waals surface area contributed by atoms with Crippen molar-refractivity contribution in [3.05, 3.63) is 56.9 Å². The third-order valence-corrected chi connectivity index (χ3v) is 3.97. The Kier molecular flexibility index (Phi) is 4.36. The highest BCUT2D eigenvalue weighted by molar-refractivity contribution is 14.1. The number of hydrogen-bond acceptors (Lipinski definition) is 3. The van der Waals surface area contributed by atoms with Crippen LogP contribution in [0.4, 0.5) is 0 Å². The van der Waals surface area contributed by atoms with E-state index in [1.165, 1.54) is 7.11 Å². The van der Waals surface area contributed by atoms with E-state index in [0.717, 1.165) is 15.6 Å². The molecule has 0 aliphatic rings. The van der Waals surface area contributed by atoms with E-state index in [1.54, 1.807) is 10.6 Å². The normalized spacial score (nSPS) is 10.2. The van der Waals surface area contributed by atoms with Gasteiger partial charge in [-0.2, -0.15) is 0 Å². The minimum Gasteiger partial charge on any atom is -0.464 e. The van der Waals surface area contributed by atoms with Crippen molar-refractivity contribution in [3.8, 4) is 0 Å². The van der Waals surface area contributed by atoms with Gasteiger partial charge >= 0.3 is 5.97 Å². The Hall–Kier alpha value is -1.63. The first-order chi connectivity index (χ1) is 9.17. The van der Waals surface area contributed by atoms with E-state index in [-0.39, 0.29) is 0 Å². The molecule has 0 N–H and O–H groups in total. The summed E-state index contributed by atoms with van der Waals surface area (Å²) in [6.07, 6.45) is 0.746. The number of benzene rings is 1. The molecule has 0 saturated carbocycles. The molecule has 0 spiro atoms. The fourth-order valence-corrected chi connectivity index (χ4v) is 2.54. The first-order valence-electron chi connectivity index (χ1n) is 5.63. The Bertz CT molecular complexity index is 605. The van der Waals surface area contributed by atoms with Crippen LogP contribution in [0.3, 0.4) is 0 Å². The molecule has 19 heavy (non-hydrogen) atoms. The van der Waals surface area contributed by atoms with Gasteiger partial charge in [0.05, 0.1) is 10.8 Å². The number of aldehydes is 1. The smallest absolute Gasteiger partial charge is 0.354 e. The van der Waals surface area contributed by atoms with Crippen LogP contribution < -0.4 is 0 Å². The number of carbonyl (C=O) groups excluding carboxylic acids is 2. The lowest BCUT2D eigenvalue weighted by Gasteiger charge is -2.09. The molecular formula is C14H12INO3. The van der Waals surface area contributed by atoms with Crippen LogP contribution in [0.5, 0.6) is 0 Å². The van der Waals surface area contributed by atoms with Crippen LogP contribution in [-0.4, -0.2) is 23.9 Å². The molecule has 2 rings (SSSR count). The molecule has 0 radical (unpaired) electrons. The van der Waals surface area contributed by atoms with Gasteiger partial charge in [0.1, 0.15) is 5.69 Å². The fourth-order valence-electron chi connectivity index (χ4n) is 1.82. The lowest BCUT2D eigenvalue weighted by Crippen LogP contribution is -2.12. The molecule has 1 heterocycles. The van der Waals surface area contributed by atoms with Crippen molar-refractivity contribution in [1.29, 1.82) is 0 Å². The van der Waals surface area contributed by atoms with Crippen molar-refractivity contribution in [3.63, 3.8) is 0 Å². The Morgan fingerprint density at radius 2 is 2.05 bits per heavy atom. The second-order valence-corrected chi connectivity index (χ2v) is 4.98. The van der Waals surface area contributed by atoms with Crippen LogP contribution in [0.25, 0.3) is 0 Å². The summed E-state index contributed by atoms with van der Waals surface area (Å²) in [4.78, 5) is 22.7. The SMILES string of the molecule is COC(=O)c1cc(C=O)c(I)n1Cc1ccccc1. The van der Waals surface area contributed by atoms with Crippen LogP contribution in [0.15, 0.2) is 36.4 Å². The minimum atomic E-state index is -0.443. The Morgan fingerprint density at radius 3 is 2.63 bits per heavy atom. The van der Waals surface area contributed by atoms with Gasteiger partial charge in [0.15, 0.2) is 6.29 Å². The highest BCUT2D eigenvalue weighted by Gasteiger charge is 2.18. The summed E-state index contributed by atoms with van der Waals surface area (Å²) in [6, 6.07) is 11.3. The maximum atomic E-state index is 11.7. The van der Waals surface area contributed by atoms with Crippen molar-refractivity contribution in [1.82, 2.24) is 4.57 Å².